The SMILES string of the molecule is C.CCCCc1ccccc1.Cc1ccccc1C1Cc2ccccc2C1C. The molecule has 28 heavy (non-hydrogen) atoms. The van der Waals surface area contributed by atoms with E-state index in [9.17, 15) is 0 Å². The van der Waals surface area contributed by atoms with Crippen LogP contribution < -0.4 is 0 Å². The van der Waals surface area contributed by atoms with Crippen molar-refractivity contribution in [1.29, 1.82) is 0 Å². The topological polar surface area (TPSA) is 0 Å². The Kier molecular flexibility index (Phi) is 8.51. The molecule has 0 N–H and O–H groups in total. The Morgan fingerprint density at radius 2 is 1.39 bits per heavy atom. The lowest BCUT2D eigenvalue weighted by Gasteiger charge is -2.18. The summed E-state index contributed by atoms with van der Waals surface area (Å²) in [5.41, 5.74) is 7.49. The molecule has 0 nitrogen and oxygen atoms in total. The van der Waals surface area contributed by atoms with Crippen molar-refractivity contribution in [2.24, 2.45) is 0 Å². The number of unbranched alkanes of at least 4 members (excludes halogenated alkanes) is 1. The van der Waals surface area contributed by atoms with Gasteiger partial charge in [-0.1, -0.05) is 107 Å². The van der Waals surface area contributed by atoms with Crippen molar-refractivity contribution in [3.05, 3.63) is 107 Å². The van der Waals surface area contributed by atoms with E-state index >= 15 is 0 Å². The van der Waals surface area contributed by atoms with E-state index in [1.54, 1.807) is 5.56 Å². The minimum absolute atomic E-state index is 0. The molecule has 0 aliphatic heterocycles. The third-order valence-corrected chi connectivity index (χ3v) is 5.84. The maximum Gasteiger partial charge on any atom is -0.00525 e. The van der Waals surface area contributed by atoms with Gasteiger partial charge in [0.15, 0.2) is 0 Å². The smallest absolute Gasteiger partial charge is 0.00525 e. The zero-order valence-corrected chi connectivity index (χ0v) is 17.0. The van der Waals surface area contributed by atoms with E-state index < -0.39 is 0 Å². The molecular weight excluding hydrogens is 336 g/mol. The molecule has 0 spiro atoms. The molecule has 0 bridgehead atoms. The summed E-state index contributed by atoms with van der Waals surface area (Å²) < 4.78 is 0. The van der Waals surface area contributed by atoms with Gasteiger partial charge in [0.2, 0.25) is 0 Å². The Morgan fingerprint density at radius 3 is 2.04 bits per heavy atom. The average Bonchev–Trinajstić information content (AvgIpc) is 3.05. The summed E-state index contributed by atoms with van der Waals surface area (Å²) in [4.78, 5) is 0. The van der Waals surface area contributed by atoms with E-state index in [0.717, 1.165) is 0 Å². The van der Waals surface area contributed by atoms with Crippen LogP contribution in [0.1, 0.15) is 73.8 Å². The molecule has 3 aromatic rings. The lowest BCUT2D eigenvalue weighted by Crippen LogP contribution is -2.04. The first-order chi connectivity index (χ1) is 13.2. The molecule has 0 saturated carbocycles. The summed E-state index contributed by atoms with van der Waals surface area (Å²) in [6.07, 6.45) is 5.03. The van der Waals surface area contributed by atoms with Crippen molar-refractivity contribution in [3.8, 4) is 0 Å². The zero-order valence-electron chi connectivity index (χ0n) is 17.0. The second-order valence-electron chi connectivity index (χ2n) is 7.74. The van der Waals surface area contributed by atoms with E-state index in [2.05, 4.69) is 99.6 Å². The van der Waals surface area contributed by atoms with Gasteiger partial charge in [-0.15, -0.1) is 0 Å². The highest BCUT2D eigenvalue weighted by Gasteiger charge is 2.30. The second kappa shape index (κ2) is 10.9. The number of hydrogen-bond donors (Lipinski definition) is 0. The first kappa shape index (κ1) is 22.0. The number of hydrogen-bond acceptors (Lipinski definition) is 0. The molecule has 148 valence electrons. The highest BCUT2D eigenvalue weighted by atomic mass is 14.3. The minimum atomic E-state index is 0. The van der Waals surface area contributed by atoms with Gasteiger partial charge in [0.05, 0.1) is 0 Å². The minimum Gasteiger partial charge on any atom is -0.0776 e. The van der Waals surface area contributed by atoms with Gasteiger partial charge in [-0.05, 0) is 65.8 Å². The van der Waals surface area contributed by atoms with E-state index in [1.165, 1.54) is 47.9 Å². The van der Waals surface area contributed by atoms with Crippen LogP contribution in [-0.2, 0) is 12.8 Å². The van der Waals surface area contributed by atoms with Crippen molar-refractivity contribution < 1.29 is 0 Å². The van der Waals surface area contributed by atoms with Gasteiger partial charge >= 0.3 is 0 Å². The lowest BCUT2D eigenvalue weighted by molar-refractivity contribution is 0.623. The fourth-order valence-corrected chi connectivity index (χ4v) is 4.20. The largest absolute Gasteiger partial charge is 0.0776 e. The van der Waals surface area contributed by atoms with Crippen LogP contribution in [0.2, 0.25) is 0 Å². The second-order valence-corrected chi connectivity index (χ2v) is 7.74. The molecule has 4 rings (SSSR count). The molecule has 1 aliphatic rings. The van der Waals surface area contributed by atoms with Gasteiger partial charge in [0.1, 0.15) is 0 Å². The molecule has 3 aromatic carbocycles. The number of rotatable bonds is 4. The molecule has 1 aliphatic carbocycles. The van der Waals surface area contributed by atoms with Crippen molar-refractivity contribution >= 4 is 0 Å². The standard InChI is InChI=1S/C17H18.C10H14.CH4/c1-12-7-3-5-9-15(12)17-11-14-8-4-6-10-16(14)13(17)2;1-2-3-7-10-8-5-4-6-9-10;/h3-10,13,17H,11H2,1-2H3;4-6,8-9H,2-3,7H2,1H3;1H4. The summed E-state index contributed by atoms with van der Waals surface area (Å²) in [6.45, 7) is 6.82. The van der Waals surface area contributed by atoms with Gasteiger partial charge in [-0.25, -0.2) is 0 Å². The van der Waals surface area contributed by atoms with Crippen molar-refractivity contribution in [1.82, 2.24) is 0 Å². The summed E-state index contributed by atoms with van der Waals surface area (Å²) >= 11 is 0. The van der Waals surface area contributed by atoms with E-state index in [-0.39, 0.29) is 7.43 Å². The highest BCUT2D eigenvalue weighted by molar-refractivity contribution is 5.43. The monoisotopic (exact) mass is 372 g/mol. The van der Waals surface area contributed by atoms with Crippen LogP contribution in [0.25, 0.3) is 0 Å². The number of fused-ring (bicyclic) bond motifs is 1. The van der Waals surface area contributed by atoms with Gasteiger partial charge in [-0.2, -0.15) is 0 Å². The van der Waals surface area contributed by atoms with Crippen molar-refractivity contribution in [2.45, 2.75) is 65.7 Å². The van der Waals surface area contributed by atoms with Crippen molar-refractivity contribution in [2.75, 3.05) is 0 Å². The van der Waals surface area contributed by atoms with Crippen molar-refractivity contribution in [3.63, 3.8) is 0 Å². The Hall–Kier alpha value is -2.34. The van der Waals surface area contributed by atoms with Crippen LogP contribution in [0.3, 0.4) is 0 Å². The zero-order chi connectivity index (χ0) is 19.1. The Morgan fingerprint density at radius 1 is 0.786 bits per heavy atom. The Labute approximate surface area is 172 Å². The third-order valence-electron chi connectivity index (χ3n) is 5.84. The Bertz CT molecular complexity index is 831. The molecule has 0 saturated heterocycles. The molecule has 0 aromatic heterocycles. The van der Waals surface area contributed by atoms with Crippen LogP contribution in [0.5, 0.6) is 0 Å². The quantitative estimate of drug-likeness (QED) is 0.434. The molecular formula is C28H36. The van der Waals surface area contributed by atoms with Gasteiger partial charge in [0, 0.05) is 0 Å². The molecule has 0 heteroatoms. The summed E-state index contributed by atoms with van der Waals surface area (Å²) in [6, 6.07) is 28.4. The van der Waals surface area contributed by atoms with Crippen LogP contribution >= 0.6 is 0 Å². The number of aryl methyl sites for hydroxylation is 2. The van der Waals surface area contributed by atoms with Crippen LogP contribution in [0.4, 0.5) is 0 Å². The van der Waals surface area contributed by atoms with E-state index in [0.29, 0.717) is 11.8 Å². The van der Waals surface area contributed by atoms with Gasteiger partial charge < -0.3 is 0 Å². The van der Waals surface area contributed by atoms with Crippen LogP contribution in [-0.4, -0.2) is 0 Å². The van der Waals surface area contributed by atoms with E-state index in [1.807, 2.05) is 0 Å². The normalized spacial score (nSPS) is 17.1. The summed E-state index contributed by atoms with van der Waals surface area (Å²) in [7, 11) is 0. The predicted molar refractivity (Wildman–Crippen MR) is 124 cm³/mol. The molecule has 2 unspecified atom stereocenters. The number of benzene rings is 3. The first-order valence-corrected chi connectivity index (χ1v) is 10.4. The molecule has 0 amide bonds. The van der Waals surface area contributed by atoms with Gasteiger partial charge in [0.25, 0.3) is 0 Å². The lowest BCUT2D eigenvalue weighted by atomic mass is 9.86. The maximum absolute atomic E-state index is 2.36. The first-order valence-electron chi connectivity index (χ1n) is 10.4. The fourth-order valence-electron chi connectivity index (χ4n) is 4.20. The third kappa shape index (κ3) is 5.35. The summed E-state index contributed by atoms with van der Waals surface area (Å²) in [5, 5.41) is 0. The van der Waals surface area contributed by atoms with E-state index in [4.69, 9.17) is 0 Å². The molecule has 2 atom stereocenters. The maximum atomic E-state index is 2.36. The molecule has 0 heterocycles. The van der Waals surface area contributed by atoms with Crippen LogP contribution in [0.15, 0.2) is 78.9 Å². The molecule has 0 fully saturated rings. The average molecular weight is 373 g/mol. The van der Waals surface area contributed by atoms with Gasteiger partial charge in [-0.3, -0.25) is 0 Å². The molecule has 0 radical (unpaired) electrons. The Balaban J connectivity index is 0.000000221. The predicted octanol–water partition coefficient (Wildman–Crippen LogP) is 8.10. The highest BCUT2D eigenvalue weighted by Crippen LogP contribution is 2.44. The summed E-state index contributed by atoms with van der Waals surface area (Å²) in [5.74, 6) is 1.31. The van der Waals surface area contributed by atoms with Crippen LogP contribution in [0, 0.1) is 6.92 Å². The fraction of sp³-hybridized carbons (Fsp3) is 0.357.